The summed E-state index contributed by atoms with van der Waals surface area (Å²) < 4.78 is 3.13. The summed E-state index contributed by atoms with van der Waals surface area (Å²) in [6.07, 6.45) is 5.73. The quantitative estimate of drug-likeness (QED) is 0.487. The molecule has 1 aliphatic rings. The molecule has 0 saturated carbocycles. The van der Waals surface area contributed by atoms with Crippen molar-refractivity contribution in [2.45, 2.75) is 38.8 Å². The number of hydrogen-bond acceptors (Lipinski definition) is 3. The number of nitrogens with zero attached hydrogens (tertiary/aromatic N) is 3. The Morgan fingerprint density at radius 2 is 1.87 bits per heavy atom. The lowest BCUT2D eigenvalue weighted by Gasteiger charge is -2.16. The number of hydrogen-bond donors (Lipinski definition) is 1. The van der Waals surface area contributed by atoms with Gasteiger partial charge >= 0.3 is 0 Å². The number of anilines is 1. The van der Waals surface area contributed by atoms with Gasteiger partial charge in [-0.15, -0.1) is 0 Å². The van der Waals surface area contributed by atoms with E-state index in [2.05, 4.69) is 113 Å². The molecule has 0 fully saturated rings. The average Bonchev–Trinajstić information content (AvgIpc) is 3.30. The highest BCUT2D eigenvalue weighted by atomic mass is 79.9. The van der Waals surface area contributed by atoms with Gasteiger partial charge in [-0.3, -0.25) is 0 Å². The fraction of sp³-hybridized carbons (Fsp3) is 0.320. The van der Waals surface area contributed by atoms with Gasteiger partial charge in [0, 0.05) is 54.0 Å². The molecule has 0 aliphatic heterocycles. The number of benzene rings is 2. The second-order valence-corrected chi connectivity index (χ2v) is 9.17. The summed E-state index contributed by atoms with van der Waals surface area (Å²) in [6, 6.07) is 17.4. The predicted molar refractivity (Wildman–Crippen MR) is 129 cm³/mol. The predicted octanol–water partition coefficient (Wildman–Crippen LogP) is 5.52. The summed E-state index contributed by atoms with van der Waals surface area (Å²) in [5.74, 6) is 0.402. The Morgan fingerprint density at radius 3 is 2.57 bits per heavy atom. The van der Waals surface area contributed by atoms with Crippen molar-refractivity contribution in [3.05, 3.63) is 87.7 Å². The molecule has 30 heavy (non-hydrogen) atoms. The van der Waals surface area contributed by atoms with Crippen LogP contribution in [0, 0.1) is 13.8 Å². The van der Waals surface area contributed by atoms with Crippen molar-refractivity contribution in [1.29, 1.82) is 0 Å². The molecule has 0 bridgehead atoms. The van der Waals surface area contributed by atoms with E-state index < -0.39 is 0 Å². The lowest BCUT2D eigenvalue weighted by atomic mass is 9.96. The minimum absolute atomic E-state index is 0.386. The van der Waals surface area contributed by atoms with E-state index in [9.17, 15) is 0 Å². The number of allylic oxidation sites excluding steroid dienone is 1. The van der Waals surface area contributed by atoms with Crippen molar-refractivity contribution < 1.29 is 0 Å². The van der Waals surface area contributed by atoms with Crippen molar-refractivity contribution in [3.8, 4) is 5.69 Å². The normalized spacial score (nSPS) is 18.2. The zero-order valence-electron chi connectivity index (χ0n) is 18.1. The molecule has 1 heterocycles. The topological polar surface area (TPSA) is 33.1 Å². The van der Waals surface area contributed by atoms with E-state index >= 15 is 0 Å². The molecular formula is C25H29BrN4. The zero-order valence-corrected chi connectivity index (χ0v) is 19.6. The van der Waals surface area contributed by atoms with E-state index in [0.717, 1.165) is 28.8 Å². The van der Waals surface area contributed by atoms with Gasteiger partial charge in [0.2, 0.25) is 0 Å². The van der Waals surface area contributed by atoms with Crippen LogP contribution in [0.15, 0.2) is 65.2 Å². The van der Waals surface area contributed by atoms with Gasteiger partial charge in [-0.1, -0.05) is 46.3 Å². The first-order valence-corrected chi connectivity index (χ1v) is 11.2. The van der Waals surface area contributed by atoms with Gasteiger partial charge in [0.1, 0.15) is 0 Å². The monoisotopic (exact) mass is 464 g/mol. The molecule has 0 saturated heterocycles. The van der Waals surface area contributed by atoms with Gasteiger partial charge in [0.05, 0.1) is 11.4 Å². The second kappa shape index (κ2) is 8.78. The maximum absolute atomic E-state index is 4.84. The first-order chi connectivity index (χ1) is 14.4. The van der Waals surface area contributed by atoms with Crippen molar-refractivity contribution in [2.75, 3.05) is 19.0 Å². The number of nitrogens with one attached hydrogen (secondary N) is 1. The van der Waals surface area contributed by atoms with Crippen LogP contribution in [0.3, 0.4) is 0 Å². The van der Waals surface area contributed by atoms with Crippen LogP contribution in [0.25, 0.3) is 5.69 Å². The lowest BCUT2D eigenvalue weighted by Crippen LogP contribution is -2.25. The third kappa shape index (κ3) is 4.37. The summed E-state index contributed by atoms with van der Waals surface area (Å²) in [5, 5.41) is 8.54. The molecule has 3 aromatic rings. The molecule has 1 aliphatic carbocycles. The van der Waals surface area contributed by atoms with Gasteiger partial charge in [0.15, 0.2) is 0 Å². The van der Waals surface area contributed by atoms with Crippen LogP contribution in [0.4, 0.5) is 5.69 Å². The summed E-state index contributed by atoms with van der Waals surface area (Å²) in [4.78, 5) is 2.13. The Kier molecular flexibility index (Phi) is 6.11. The highest BCUT2D eigenvalue weighted by Gasteiger charge is 2.26. The molecular weight excluding hydrogens is 436 g/mol. The molecule has 1 aromatic heterocycles. The Bertz CT molecular complexity index is 1050. The zero-order chi connectivity index (χ0) is 21.3. The molecule has 156 valence electrons. The van der Waals surface area contributed by atoms with Crippen LogP contribution in [-0.2, 0) is 6.54 Å². The van der Waals surface area contributed by atoms with Crippen molar-refractivity contribution >= 4 is 21.6 Å². The van der Waals surface area contributed by atoms with E-state index in [0.29, 0.717) is 12.0 Å². The van der Waals surface area contributed by atoms with E-state index in [1.165, 1.54) is 22.5 Å². The lowest BCUT2D eigenvalue weighted by molar-refractivity contribution is 0.559. The maximum Gasteiger partial charge on any atom is 0.0660 e. The van der Waals surface area contributed by atoms with Crippen molar-refractivity contribution in [1.82, 2.24) is 15.1 Å². The molecule has 0 radical (unpaired) electrons. The average molecular weight is 465 g/mol. The Balaban J connectivity index is 1.43. The van der Waals surface area contributed by atoms with Gasteiger partial charge in [0.25, 0.3) is 0 Å². The molecule has 2 unspecified atom stereocenters. The van der Waals surface area contributed by atoms with Crippen molar-refractivity contribution in [3.63, 3.8) is 0 Å². The second-order valence-electron chi connectivity index (χ2n) is 8.25. The number of rotatable bonds is 6. The fourth-order valence-corrected chi connectivity index (χ4v) is 4.66. The molecule has 0 spiro atoms. The van der Waals surface area contributed by atoms with Crippen LogP contribution in [0.1, 0.15) is 34.9 Å². The van der Waals surface area contributed by atoms with Crippen LogP contribution < -0.4 is 10.2 Å². The van der Waals surface area contributed by atoms with Crippen LogP contribution in [0.5, 0.6) is 0 Å². The van der Waals surface area contributed by atoms with E-state index in [1.807, 2.05) is 6.07 Å². The van der Waals surface area contributed by atoms with E-state index in [4.69, 9.17) is 5.10 Å². The maximum atomic E-state index is 4.84. The Labute approximate surface area is 187 Å². The number of aromatic nitrogens is 2. The molecule has 2 aromatic carbocycles. The Morgan fingerprint density at radius 1 is 1.10 bits per heavy atom. The first-order valence-electron chi connectivity index (χ1n) is 10.4. The van der Waals surface area contributed by atoms with Crippen molar-refractivity contribution in [2.24, 2.45) is 0 Å². The van der Waals surface area contributed by atoms with E-state index in [1.54, 1.807) is 0 Å². The minimum atomic E-state index is 0.386. The fourth-order valence-electron chi connectivity index (χ4n) is 4.28. The Hall–Kier alpha value is -2.37. The van der Waals surface area contributed by atoms with Gasteiger partial charge < -0.3 is 10.2 Å². The molecule has 5 heteroatoms. The molecule has 1 N–H and O–H groups in total. The summed E-state index contributed by atoms with van der Waals surface area (Å²) in [6.45, 7) is 5.18. The van der Waals surface area contributed by atoms with Gasteiger partial charge in [-0.05, 0) is 56.2 Å². The van der Waals surface area contributed by atoms with E-state index in [-0.39, 0.29) is 0 Å². The smallest absolute Gasteiger partial charge is 0.0660 e. The summed E-state index contributed by atoms with van der Waals surface area (Å²) >= 11 is 3.57. The standard InChI is InChI=1S/C25H29BrN4/c1-17-25(18(2)30(28-17)24-7-5-6-21(26)15-24)20-10-11-22(14-20)27-16-19-8-12-23(13-9-19)29(3)4/h5-13,15,20,22,27H,14,16H2,1-4H3. The van der Waals surface area contributed by atoms with Gasteiger partial charge in [-0.2, -0.15) is 5.10 Å². The first kappa shape index (κ1) is 20.9. The van der Waals surface area contributed by atoms with Crippen LogP contribution in [-0.4, -0.2) is 29.9 Å². The summed E-state index contributed by atoms with van der Waals surface area (Å²) in [7, 11) is 4.14. The molecule has 2 atom stereocenters. The largest absolute Gasteiger partial charge is 0.378 e. The van der Waals surface area contributed by atoms with Crippen LogP contribution >= 0.6 is 15.9 Å². The number of halogens is 1. The minimum Gasteiger partial charge on any atom is -0.378 e. The van der Waals surface area contributed by atoms with Crippen LogP contribution in [0.2, 0.25) is 0 Å². The third-order valence-electron chi connectivity index (χ3n) is 5.88. The molecule has 4 rings (SSSR count). The summed E-state index contributed by atoms with van der Waals surface area (Å²) in [5.41, 5.74) is 7.32. The highest BCUT2D eigenvalue weighted by Crippen LogP contribution is 2.34. The molecule has 4 nitrogen and oxygen atoms in total. The van der Waals surface area contributed by atoms with Gasteiger partial charge in [-0.25, -0.2) is 4.68 Å². The highest BCUT2D eigenvalue weighted by molar-refractivity contribution is 9.10. The number of aryl methyl sites for hydroxylation is 1. The third-order valence-corrected chi connectivity index (χ3v) is 6.37. The SMILES string of the molecule is Cc1nn(-c2cccc(Br)c2)c(C)c1C1C=CC(NCc2ccc(N(C)C)cc2)C1. The molecule has 0 amide bonds.